The largest absolute Gasteiger partial charge is 0.497 e. The molecule has 0 saturated carbocycles. The lowest BCUT2D eigenvalue weighted by Crippen LogP contribution is -2.44. The van der Waals surface area contributed by atoms with Crippen LogP contribution in [0.3, 0.4) is 0 Å². The number of piperidine rings is 1. The predicted molar refractivity (Wildman–Crippen MR) is 158 cm³/mol. The molecule has 2 fully saturated rings. The van der Waals surface area contributed by atoms with Gasteiger partial charge >= 0.3 is 5.97 Å². The van der Waals surface area contributed by atoms with E-state index in [0.717, 1.165) is 30.8 Å². The molecule has 2 aromatic carbocycles. The number of ether oxygens (including phenoxy) is 2. The fraction of sp³-hybridized carbons (Fsp3) is 0.515. The first-order chi connectivity index (χ1) is 21.2. The molecule has 238 valence electrons. The maximum Gasteiger partial charge on any atom is 0.309 e. The quantitative estimate of drug-likeness (QED) is 0.195. The summed E-state index contributed by atoms with van der Waals surface area (Å²) in [7, 11) is 1.56. The van der Waals surface area contributed by atoms with Crippen LogP contribution in [0, 0.1) is 22.9 Å². The highest BCUT2D eigenvalue weighted by atomic mass is 19.2. The molecule has 0 unspecified atom stereocenters. The second-order valence-corrected chi connectivity index (χ2v) is 11.9. The van der Waals surface area contributed by atoms with Gasteiger partial charge in [0, 0.05) is 36.8 Å². The van der Waals surface area contributed by atoms with Gasteiger partial charge < -0.3 is 19.5 Å². The smallest absolute Gasteiger partial charge is 0.309 e. The van der Waals surface area contributed by atoms with Crippen molar-refractivity contribution in [2.24, 2.45) is 5.41 Å². The molecule has 7 nitrogen and oxygen atoms in total. The number of aliphatic carboxylic acids is 1. The number of likely N-dealkylation sites (tertiary alicyclic amines) is 1. The van der Waals surface area contributed by atoms with Crippen molar-refractivity contribution in [3.05, 3.63) is 70.7 Å². The van der Waals surface area contributed by atoms with E-state index in [2.05, 4.69) is 14.8 Å². The van der Waals surface area contributed by atoms with E-state index in [0.29, 0.717) is 92.9 Å². The van der Waals surface area contributed by atoms with Gasteiger partial charge in [0.05, 0.1) is 31.3 Å². The van der Waals surface area contributed by atoms with Gasteiger partial charge in [-0.25, -0.2) is 17.6 Å². The number of rotatable bonds is 12. The first-order valence-corrected chi connectivity index (χ1v) is 15.2. The molecule has 2 aliphatic heterocycles. The molecule has 2 saturated heterocycles. The maximum atomic E-state index is 16.4. The van der Waals surface area contributed by atoms with E-state index in [4.69, 9.17) is 9.47 Å². The maximum absolute atomic E-state index is 16.4. The molecular weight excluding hydrogens is 578 g/mol. The van der Waals surface area contributed by atoms with E-state index >= 15 is 4.39 Å². The standard InChI is InChI=1S/C33H39F4N3O4/c1-43-24-4-5-29-25(19-24)30(23(20-38-29)21-40-13-15-44-16-14-40)26(34)6-7-33(32(41)42)8-11-39(12-9-33)10-2-3-22-17-27(35)31(37)28(36)18-22/h4-5,17-20,26H,2-3,6-16,21H2,1H3,(H,41,42)/t26-/m1/s1. The Hall–Kier alpha value is -3.28. The average Bonchev–Trinajstić information content (AvgIpc) is 3.03. The Kier molecular flexibility index (Phi) is 10.4. The van der Waals surface area contributed by atoms with Crippen molar-refractivity contribution in [1.82, 2.24) is 14.8 Å². The zero-order valence-electron chi connectivity index (χ0n) is 25.0. The number of hydrogen-bond donors (Lipinski definition) is 1. The third-order valence-corrected chi connectivity index (χ3v) is 9.14. The number of carboxylic acids is 1. The number of hydrogen-bond acceptors (Lipinski definition) is 6. The number of carbonyl (C=O) groups is 1. The third kappa shape index (κ3) is 7.33. The number of carboxylic acid groups (broad SMARTS) is 1. The number of alkyl halides is 1. The highest BCUT2D eigenvalue weighted by Crippen LogP contribution is 2.42. The van der Waals surface area contributed by atoms with Crippen LogP contribution in [0.15, 0.2) is 36.5 Å². The summed E-state index contributed by atoms with van der Waals surface area (Å²) in [5.41, 5.74) is 1.30. The molecule has 0 aliphatic carbocycles. The van der Waals surface area contributed by atoms with Crippen molar-refractivity contribution in [3.8, 4) is 5.75 Å². The second-order valence-electron chi connectivity index (χ2n) is 11.9. The van der Waals surface area contributed by atoms with Crippen LogP contribution < -0.4 is 4.74 Å². The lowest BCUT2D eigenvalue weighted by Gasteiger charge is -2.39. The zero-order valence-corrected chi connectivity index (χ0v) is 25.0. The molecule has 5 rings (SSSR count). The summed E-state index contributed by atoms with van der Waals surface area (Å²) in [6, 6.07) is 7.41. The summed E-state index contributed by atoms with van der Waals surface area (Å²) >= 11 is 0. The average molecular weight is 618 g/mol. The minimum atomic E-state index is -1.48. The molecular formula is C33H39F4N3O4. The van der Waals surface area contributed by atoms with Crippen LogP contribution in [0.1, 0.15) is 55.0 Å². The summed E-state index contributed by atoms with van der Waals surface area (Å²) in [6.45, 7) is 4.88. The van der Waals surface area contributed by atoms with Gasteiger partial charge in [-0.1, -0.05) is 0 Å². The number of pyridine rings is 1. The van der Waals surface area contributed by atoms with Crippen LogP contribution >= 0.6 is 0 Å². The van der Waals surface area contributed by atoms with Crippen LogP contribution in [0.4, 0.5) is 17.6 Å². The summed E-state index contributed by atoms with van der Waals surface area (Å²) in [5.74, 6) is -4.21. The molecule has 1 N–H and O–H groups in total. The van der Waals surface area contributed by atoms with Crippen LogP contribution in [0.2, 0.25) is 0 Å². The number of aromatic nitrogens is 1. The lowest BCUT2D eigenvalue weighted by atomic mass is 9.74. The Balaban J connectivity index is 1.25. The highest BCUT2D eigenvalue weighted by Gasteiger charge is 2.42. The van der Waals surface area contributed by atoms with Crippen molar-refractivity contribution in [1.29, 1.82) is 0 Å². The number of fused-ring (bicyclic) bond motifs is 1. The van der Waals surface area contributed by atoms with Gasteiger partial charge in [-0.3, -0.25) is 14.7 Å². The summed E-state index contributed by atoms with van der Waals surface area (Å²) < 4.78 is 67.6. The van der Waals surface area contributed by atoms with Crippen molar-refractivity contribution in [3.63, 3.8) is 0 Å². The van der Waals surface area contributed by atoms with Gasteiger partial charge in [-0.15, -0.1) is 0 Å². The van der Waals surface area contributed by atoms with Gasteiger partial charge in [0.2, 0.25) is 0 Å². The molecule has 1 atom stereocenters. The van der Waals surface area contributed by atoms with Gasteiger partial charge in [0.15, 0.2) is 17.5 Å². The number of nitrogens with zero attached hydrogens (tertiary/aromatic N) is 3. The van der Waals surface area contributed by atoms with Gasteiger partial charge in [-0.05, 0) is 99.6 Å². The number of aryl methyl sites for hydroxylation is 1. The van der Waals surface area contributed by atoms with E-state index < -0.39 is 35.0 Å². The highest BCUT2D eigenvalue weighted by molar-refractivity contribution is 5.85. The molecule has 0 amide bonds. The summed E-state index contributed by atoms with van der Waals surface area (Å²) in [5, 5.41) is 11.0. The number of benzene rings is 2. The molecule has 11 heteroatoms. The van der Waals surface area contributed by atoms with E-state index in [1.54, 1.807) is 31.5 Å². The first-order valence-electron chi connectivity index (χ1n) is 15.2. The van der Waals surface area contributed by atoms with E-state index in [1.807, 2.05) is 0 Å². The second kappa shape index (κ2) is 14.2. The molecule has 44 heavy (non-hydrogen) atoms. The molecule has 2 aliphatic rings. The van der Waals surface area contributed by atoms with Gasteiger partial charge in [0.25, 0.3) is 0 Å². The zero-order chi connectivity index (χ0) is 31.3. The monoisotopic (exact) mass is 617 g/mol. The SMILES string of the molecule is COc1ccc2ncc(CN3CCOCC3)c([C@H](F)CCC3(C(=O)O)CCN(CCCc4cc(F)c(F)c(F)c4)CC3)c2c1. The van der Waals surface area contributed by atoms with Crippen LogP contribution in [-0.4, -0.2) is 78.9 Å². The number of methoxy groups -OCH3 is 1. The van der Waals surface area contributed by atoms with E-state index in [1.165, 1.54) is 0 Å². The van der Waals surface area contributed by atoms with E-state index in [9.17, 15) is 23.1 Å². The van der Waals surface area contributed by atoms with Gasteiger partial charge in [0.1, 0.15) is 11.9 Å². The van der Waals surface area contributed by atoms with Crippen LogP contribution in [0.5, 0.6) is 5.75 Å². The molecule has 0 bridgehead atoms. The molecule has 3 heterocycles. The Morgan fingerprint density at radius 2 is 1.77 bits per heavy atom. The van der Waals surface area contributed by atoms with Crippen LogP contribution in [0.25, 0.3) is 10.9 Å². The molecule has 1 aromatic heterocycles. The predicted octanol–water partition coefficient (Wildman–Crippen LogP) is 6.08. The Morgan fingerprint density at radius 3 is 2.43 bits per heavy atom. The van der Waals surface area contributed by atoms with Crippen molar-refractivity contribution in [2.75, 3.05) is 53.0 Å². The lowest BCUT2D eigenvalue weighted by molar-refractivity contribution is -0.153. The Morgan fingerprint density at radius 1 is 1.07 bits per heavy atom. The summed E-state index contributed by atoms with van der Waals surface area (Å²) in [4.78, 5) is 21.5. The third-order valence-electron chi connectivity index (χ3n) is 9.14. The molecule has 0 spiro atoms. The van der Waals surface area contributed by atoms with Crippen molar-refractivity contribution in [2.45, 2.75) is 51.2 Å². The topological polar surface area (TPSA) is 75.1 Å². The minimum Gasteiger partial charge on any atom is -0.497 e. The normalized spacial score (nSPS) is 18.4. The van der Waals surface area contributed by atoms with Gasteiger partial charge in [-0.2, -0.15) is 0 Å². The Labute approximate surface area is 254 Å². The minimum absolute atomic E-state index is 0.0560. The van der Waals surface area contributed by atoms with E-state index in [-0.39, 0.29) is 12.8 Å². The fourth-order valence-electron chi connectivity index (χ4n) is 6.44. The van der Waals surface area contributed by atoms with Crippen LogP contribution in [-0.2, 0) is 22.5 Å². The number of halogens is 4. The molecule has 3 aromatic rings. The van der Waals surface area contributed by atoms with Crippen molar-refractivity contribution < 1.29 is 36.9 Å². The number of morpholine rings is 1. The van der Waals surface area contributed by atoms with Crippen molar-refractivity contribution >= 4 is 16.9 Å². The summed E-state index contributed by atoms with van der Waals surface area (Å²) in [6.07, 6.45) is 2.29. The fourth-order valence-corrected chi connectivity index (χ4v) is 6.44. The Bertz CT molecular complexity index is 1440. The first kappa shape index (κ1) is 32.1. The molecule has 0 radical (unpaired) electrons.